The van der Waals surface area contributed by atoms with Crippen LogP contribution in [-0.2, 0) is 6.54 Å². The number of halogens is 1. The summed E-state index contributed by atoms with van der Waals surface area (Å²) in [5.74, 6) is 0.872. The third-order valence-corrected chi connectivity index (χ3v) is 3.17. The second-order valence-corrected chi connectivity index (χ2v) is 5.93. The van der Waals surface area contributed by atoms with Crippen LogP contribution in [0.3, 0.4) is 0 Å². The Morgan fingerprint density at radius 1 is 1.39 bits per heavy atom. The van der Waals surface area contributed by atoms with Crippen molar-refractivity contribution in [3.05, 3.63) is 28.8 Å². The molecule has 0 saturated carbocycles. The summed E-state index contributed by atoms with van der Waals surface area (Å²) in [5.41, 5.74) is 6.96. The average molecular weight is 271 g/mol. The summed E-state index contributed by atoms with van der Waals surface area (Å²) in [7, 11) is 3.76. The molecule has 0 bridgehead atoms. The smallest absolute Gasteiger partial charge is 0.123 e. The van der Waals surface area contributed by atoms with Gasteiger partial charge in [0.2, 0.25) is 0 Å². The molecule has 2 N–H and O–H groups in total. The lowest BCUT2D eigenvalue weighted by molar-refractivity contribution is 0.208. The van der Waals surface area contributed by atoms with E-state index in [1.54, 1.807) is 7.11 Å². The van der Waals surface area contributed by atoms with Gasteiger partial charge < -0.3 is 15.4 Å². The van der Waals surface area contributed by atoms with Crippen molar-refractivity contribution >= 4 is 11.6 Å². The molecule has 0 spiro atoms. The van der Waals surface area contributed by atoms with E-state index in [0.717, 1.165) is 29.4 Å². The lowest BCUT2D eigenvalue weighted by atomic mass is 9.93. The zero-order chi connectivity index (χ0) is 13.8. The van der Waals surface area contributed by atoms with Crippen molar-refractivity contribution < 1.29 is 4.74 Å². The minimum atomic E-state index is 0.112. The largest absolute Gasteiger partial charge is 0.496 e. The number of rotatable bonds is 6. The molecule has 3 nitrogen and oxygen atoms in total. The summed E-state index contributed by atoms with van der Waals surface area (Å²) in [6.45, 7) is 6.73. The van der Waals surface area contributed by atoms with Gasteiger partial charge in [-0.3, -0.25) is 0 Å². The Morgan fingerprint density at radius 2 is 2.06 bits per heavy atom. The normalized spacial score (nSPS) is 11.9. The first-order valence-electron chi connectivity index (χ1n) is 6.09. The third-order valence-electron chi connectivity index (χ3n) is 2.93. The molecule has 0 fully saturated rings. The van der Waals surface area contributed by atoms with Crippen molar-refractivity contribution in [1.82, 2.24) is 4.90 Å². The molecule has 0 aliphatic heterocycles. The van der Waals surface area contributed by atoms with E-state index < -0.39 is 0 Å². The maximum absolute atomic E-state index is 6.02. The Bertz CT molecular complexity index is 393. The van der Waals surface area contributed by atoms with E-state index in [1.807, 2.05) is 18.2 Å². The van der Waals surface area contributed by atoms with Crippen LogP contribution in [0.15, 0.2) is 18.2 Å². The van der Waals surface area contributed by atoms with Crippen molar-refractivity contribution in [2.75, 3.05) is 27.2 Å². The highest BCUT2D eigenvalue weighted by molar-refractivity contribution is 6.30. The Kier molecular flexibility index (Phi) is 5.45. The first kappa shape index (κ1) is 15.3. The summed E-state index contributed by atoms with van der Waals surface area (Å²) in [5, 5.41) is 0.734. The van der Waals surface area contributed by atoms with Crippen LogP contribution in [0.5, 0.6) is 5.75 Å². The Morgan fingerprint density at radius 3 is 2.61 bits per heavy atom. The minimum absolute atomic E-state index is 0.112. The molecule has 0 aromatic heterocycles. The number of benzene rings is 1. The van der Waals surface area contributed by atoms with Crippen LogP contribution in [0.25, 0.3) is 0 Å². The molecule has 0 radical (unpaired) electrons. The highest BCUT2D eigenvalue weighted by Gasteiger charge is 2.18. The maximum Gasteiger partial charge on any atom is 0.123 e. The van der Waals surface area contributed by atoms with E-state index >= 15 is 0 Å². The fourth-order valence-electron chi connectivity index (χ4n) is 2.01. The number of nitrogens with two attached hydrogens (primary N) is 1. The fourth-order valence-corrected chi connectivity index (χ4v) is 2.21. The predicted molar refractivity (Wildman–Crippen MR) is 77.2 cm³/mol. The van der Waals surface area contributed by atoms with Gasteiger partial charge in [0.25, 0.3) is 0 Å². The minimum Gasteiger partial charge on any atom is -0.496 e. The van der Waals surface area contributed by atoms with Crippen molar-refractivity contribution in [2.24, 2.45) is 11.1 Å². The highest BCUT2D eigenvalue weighted by Crippen LogP contribution is 2.24. The molecule has 0 atom stereocenters. The Balaban J connectivity index is 2.75. The molecule has 1 aromatic carbocycles. The van der Waals surface area contributed by atoms with Gasteiger partial charge in [0.1, 0.15) is 5.75 Å². The summed E-state index contributed by atoms with van der Waals surface area (Å²) >= 11 is 6.02. The quantitative estimate of drug-likeness (QED) is 0.864. The molecule has 4 heteroatoms. The van der Waals surface area contributed by atoms with Gasteiger partial charge in [-0.2, -0.15) is 0 Å². The molecule has 0 aliphatic rings. The van der Waals surface area contributed by atoms with Gasteiger partial charge in [0.05, 0.1) is 7.11 Å². The first-order chi connectivity index (χ1) is 8.38. The van der Waals surface area contributed by atoms with Gasteiger partial charge in [-0.05, 0) is 37.2 Å². The van der Waals surface area contributed by atoms with E-state index in [4.69, 9.17) is 22.1 Å². The maximum atomic E-state index is 6.02. The molecular formula is C14H23ClN2O. The SMILES string of the molecule is COc1ccc(Cl)cc1CN(C)CC(C)(C)CN. The van der Waals surface area contributed by atoms with Gasteiger partial charge in [-0.25, -0.2) is 0 Å². The van der Waals surface area contributed by atoms with E-state index in [9.17, 15) is 0 Å². The molecule has 18 heavy (non-hydrogen) atoms. The van der Waals surface area contributed by atoms with Gasteiger partial charge in [-0.15, -0.1) is 0 Å². The van der Waals surface area contributed by atoms with Crippen LogP contribution >= 0.6 is 11.6 Å². The van der Waals surface area contributed by atoms with Gasteiger partial charge in [-0.1, -0.05) is 25.4 Å². The summed E-state index contributed by atoms with van der Waals surface area (Å²) in [4.78, 5) is 2.24. The molecule has 0 heterocycles. The topological polar surface area (TPSA) is 38.5 Å². The number of ether oxygens (including phenoxy) is 1. The van der Waals surface area contributed by atoms with Gasteiger partial charge >= 0.3 is 0 Å². The molecule has 0 unspecified atom stereocenters. The second-order valence-electron chi connectivity index (χ2n) is 5.50. The predicted octanol–water partition coefficient (Wildman–Crippen LogP) is 2.77. The molecule has 0 aliphatic carbocycles. The van der Waals surface area contributed by atoms with E-state index in [-0.39, 0.29) is 5.41 Å². The van der Waals surface area contributed by atoms with Gasteiger partial charge in [0, 0.05) is 23.7 Å². The number of methoxy groups -OCH3 is 1. The number of nitrogens with zero attached hydrogens (tertiary/aromatic N) is 1. The summed E-state index contributed by atoms with van der Waals surface area (Å²) < 4.78 is 5.35. The standard InChI is InChI=1S/C14H23ClN2O/c1-14(2,9-16)10-17(3)8-11-7-12(15)5-6-13(11)18-4/h5-7H,8-10,16H2,1-4H3. The third kappa shape index (κ3) is 4.48. The Labute approximate surface area is 115 Å². The highest BCUT2D eigenvalue weighted by atomic mass is 35.5. The molecule has 1 aromatic rings. The van der Waals surface area contributed by atoms with Crippen molar-refractivity contribution in [2.45, 2.75) is 20.4 Å². The zero-order valence-electron chi connectivity index (χ0n) is 11.7. The zero-order valence-corrected chi connectivity index (χ0v) is 12.4. The molecule has 0 amide bonds. The van der Waals surface area contributed by atoms with Crippen LogP contribution in [0.2, 0.25) is 5.02 Å². The van der Waals surface area contributed by atoms with Crippen LogP contribution in [-0.4, -0.2) is 32.1 Å². The van der Waals surface area contributed by atoms with Crippen LogP contribution in [0.1, 0.15) is 19.4 Å². The molecule has 102 valence electrons. The van der Waals surface area contributed by atoms with Crippen molar-refractivity contribution in [1.29, 1.82) is 0 Å². The summed E-state index contributed by atoms with van der Waals surface area (Å²) in [6, 6.07) is 5.69. The van der Waals surface area contributed by atoms with E-state index in [1.165, 1.54) is 0 Å². The van der Waals surface area contributed by atoms with Crippen molar-refractivity contribution in [3.63, 3.8) is 0 Å². The number of hydrogen-bond donors (Lipinski definition) is 1. The Hall–Kier alpha value is -0.770. The lowest BCUT2D eigenvalue weighted by Crippen LogP contribution is -2.36. The average Bonchev–Trinajstić information content (AvgIpc) is 2.28. The van der Waals surface area contributed by atoms with E-state index in [0.29, 0.717) is 6.54 Å². The van der Waals surface area contributed by atoms with Crippen LogP contribution < -0.4 is 10.5 Å². The van der Waals surface area contributed by atoms with Crippen LogP contribution in [0, 0.1) is 5.41 Å². The molecule has 0 saturated heterocycles. The molecular weight excluding hydrogens is 248 g/mol. The number of hydrogen-bond acceptors (Lipinski definition) is 3. The first-order valence-corrected chi connectivity index (χ1v) is 6.47. The molecule has 1 rings (SSSR count). The fraction of sp³-hybridized carbons (Fsp3) is 0.571. The second kappa shape index (κ2) is 6.41. The lowest BCUT2D eigenvalue weighted by Gasteiger charge is -2.29. The van der Waals surface area contributed by atoms with Crippen LogP contribution in [0.4, 0.5) is 0 Å². The monoisotopic (exact) mass is 270 g/mol. The van der Waals surface area contributed by atoms with E-state index in [2.05, 4.69) is 25.8 Å². The van der Waals surface area contributed by atoms with Crippen molar-refractivity contribution in [3.8, 4) is 5.75 Å². The van der Waals surface area contributed by atoms with Gasteiger partial charge in [0.15, 0.2) is 0 Å². The summed E-state index contributed by atoms with van der Waals surface area (Å²) in [6.07, 6.45) is 0.